The molecular formula is C28H22FN7OS. The highest BCUT2D eigenvalue weighted by atomic mass is 32.1. The van der Waals surface area contributed by atoms with Crippen LogP contribution in [0.2, 0.25) is 0 Å². The molecule has 0 bridgehead atoms. The van der Waals surface area contributed by atoms with Gasteiger partial charge in [0.1, 0.15) is 5.69 Å². The van der Waals surface area contributed by atoms with Gasteiger partial charge in [-0.15, -0.1) is 11.3 Å². The molecule has 38 heavy (non-hydrogen) atoms. The number of carbonyl (C=O) groups is 1. The van der Waals surface area contributed by atoms with Crippen LogP contribution in [-0.2, 0) is 4.79 Å². The van der Waals surface area contributed by atoms with E-state index in [2.05, 4.69) is 35.5 Å². The van der Waals surface area contributed by atoms with Gasteiger partial charge in [-0.25, -0.2) is 4.98 Å². The van der Waals surface area contributed by atoms with E-state index in [1.807, 2.05) is 18.2 Å². The van der Waals surface area contributed by atoms with Gasteiger partial charge in [0.05, 0.1) is 29.3 Å². The number of carbonyl (C=O) groups excluding carboxylic acids is 1. The molecule has 1 amide bonds. The highest BCUT2D eigenvalue weighted by Crippen LogP contribution is 2.36. The van der Waals surface area contributed by atoms with Crippen LogP contribution in [0.25, 0.3) is 54.9 Å². The molecule has 0 radical (unpaired) electrons. The molecule has 0 saturated heterocycles. The lowest BCUT2D eigenvalue weighted by Gasteiger charge is -2.11. The first-order valence-corrected chi connectivity index (χ1v) is 13.3. The minimum absolute atomic E-state index is 0.0603. The van der Waals surface area contributed by atoms with Crippen LogP contribution in [0, 0.1) is 11.0 Å². The molecule has 1 aliphatic rings. The second-order valence-electron chi connectivity index (χ2n) is 9.56. The number of hydrogen-bond donors (Lipinski definition) is 3. The Kier molecular flexibility index (Phi) is 5.47. The minimum atomic E-state index is -0.235. The Balaban J connectivity index is 1.24. The number of amides is 1. The quantitative estimate of drug-likeness (QED) is 0.237. The molecule has 1 saturated carbocycles. The topological polar surface area (TPSA) is 112 Å². The summed E-state index contributed by atoms with van der Waals surface area (Å²) in [6.45, 7) is 0. The van der Waals surface area contributed by atoms with Gasteiger partial charge in [-0.05, 0) is 43.2 Å². The van der Waals surface area contributed by atoms with Crippen LogP contribution >= 0.6 is 11.3 Å². The first kappa shape index (κ1) is 22.7. The van der Waals surface area contributed by atoms with Crippen LogP contribution in [-0.4, -0.2) is 36.0 Å². The fourth-order valence-electron chi connectivity index (χ4n) is 5.20. The third kappa shape index (κ3) is 4.03. The minimum Gasteiger partial charge on any atom is -0.352 e. The van der Waals surface area contributed by atoms with E-state index in [1.165, 1.54) is 6.07 Å². The molecule has 1 fully saturated rings. The van der Waals surface area contributed by atoms with Crippen LogP contribution in [0.5, 0.6) is 0 Å². The van der Waals surface area contributed by atoms with Gasteiger partial charge in [0.15, 0.2) is 10.8 Å². The highest BCUT2D eigenvalue weighted by molar-refractivity contribution is 7.14. The van der Waals surface area contributed by atoms with Gasteiger partial charge in [0, 0.05) is 56.8 Å². The maximum atomic E-state index is 13.7. The number of fused-ring (bicyclic) bond motifs is 2. The van der Waals surface area contributed by atoms with E-state index in [-0.39, 0.29) is 17.0 Å². The number of aromatic nitrogens is 6. The molecular weight excluding hydrogens is 501 g/mol. The van der Waals surface area contributed by atoms with Crippen molar-refractivity contribution in [2.75, 3.05) is 5.32 Å². The number of hydrogen-bond acceptors (Lipinski definition) is 6. The summed E-state index contributed by atoms with van der Waals surface area (Å²) in [5.41, 5.74) is 6.24. The average Bonchev–Trinajstić information content (AvgIpc) is 3.74. The van der Waals surface area contributed by atoms with Crippen molar-refractivity contribution < 1.29 is 9.18 Å². The molecule has 1 aliphatic carbocycles. The maximum absolute atomic E-state index is 13.7. The lowest BCUT2D eigenvalue weighted by atomic mass is 10.1. The second-order valence-corrected chi connectivity index (χ2v) is 10.6. The predicted molar refractivity (Wildman–Crippen MR) is 146 cm³/mol. The van der Waals surface area contributed by atoms with E-state index in [0.717, 1.165) is 80.6 Å². The molecule has 0 aliphatic heterocycles. The Morgan fingerprint density at radius 2 is 1.82 bits per heavy atom. The molecule has 3 N–H and O–H groups in total. The number of aromatic amines is 2. The molecule has 6 aromatic rings. The lowest BCUT2D eigenvalue weighted by molar-refractivity contribution is -0.119. The summed E-state index contributed by atoms with van der Waals surface area (Å²) in [4.78, 5) is 30.1. The highest BCUT2D eigenvalue weighted by Gasteiger charge is 2.23. The van der Waals surface area contributed by atoms with Gasteiger partial charge >= 0.3 is 0 Å². The molecule has 7 rings (SSSR count). The van der Waals surface area contributed by atoms with Crippen molar-refractivity contribution in [2.24, 2.45) is 5.92 Å². The Hall–Kier alpha value is -4.44. The third-order valence-electron chi connectivity index (χ3n) is 7.12. The van der Waals surface area contributed by atoms with Crippen LogP contribution in [0.3, 0.4) is 0 Å². The summed E-state index contributed by atoms with van der Waals surface area (Å²) in [6, 6.07) is 9.17. The number of thiophene rings is 1. The van der Waals surface area contributed by atoms with Gasteiger partial charge in [0.2, 0.25) is 5.91 Å². The van der Waals surface area contributed by atoms with Crippen molar-refractivity contribution >= 4 is 44.9 Å². The summed E-state index contributed by atoms with van der Waals surface area (Å²) >= 11 is 1.09. The Bertz CT molecular complexity index is 1810. The van der Waals surface area contributed by atoms with Gasteiger partial charge < -0.3 is 10.3 Å². The van der Waals surface area contributed by atoms with Crippen molar-refractivity contribution in [2.45, 2.75) is 25.7 Å². The van der Waals surface area contributed by atoms with E-state index in [0.29, 0.717) is 17.0 Å². The molecule has 0 atom stereocenters. The summed E-state index contributed by atoms with van der Waals surface area (Å²) in [7, 11) is 0. The van der Waals surface area contributed by atoms with Gasteiger partial charge in [-0.1, -0.05) is 12.8 Å². The van der Waals surface area contributed by atoms with Crippen LogP contribution < -0.4 is 5.32 Å². The largest absolute Gasteiger partial charge is 0.352 e. The Morgan fingerprint density at radius 3 is 2.66 bits per heavy atom. The predicted octanol–water partition coefficient (Wildman–Crippen LogP) is 6.56. The number of pyridine rings is 3. The molecule has 0 unspecified atom stereocenters. The molecule has 6 heterocycles. The molecule has 6 aromatic heterocycles. The zero-order valence-electron chi connectivity index (χ0n) is 20.2. The van der Waals surface area contributed by atoms with Crippen molar-refractivity contribution in [3.05, 3.63) is 66.4 Å². The first-order valence-electron chi connectivity index (χ1n) is 12.5. The summed E-state index contributed by atoms with van der Waals surface area (Å²) < 4.78 is 13.7. The lowest BCUT2D eigenvalue weighted by Crippen LogP contribution is -2.20. The number of nitrogens with one attached hydrogen (secondary N) is 3. The third-order valence-corrected chi connectivity index (χ3v) is 8.03. The monoisotopic (exact) mass is 523 g/mol. The summed E-state index contributed by atoms with van der Waals surface area (Å²) in [5.74, 6) is 0.140. The molecule has 8 nitrogen and oxygen atoms in total. The zero-order chi connectivity index (χ0) is 25.6. The summed E-state index contributed by atoms with van der Waals surface area (Å²) in [6.07, 6.45) is 12.8. The normalized spacial score (nSPS) is 14.0. The van der Waals surface area contributed by atoms with Crippen LogP contribution in [0.15, 0.2) is 61.3 Å². The first-order chi connectivity index (χ1) is 18.6. The fourth-order valence-corrected chi connectivity index (χ4v) is 5.95. The zero-order valence-corrected chi connectivity index (χ0v) is 21.0. The van der Waals surface area contributed by atoms with E-state index in [9.17, 15) is 9.18 Å². The van der Waals surface area contributed by atoms with Crippen molar-refractivity contribution in [1.82, 2.24) is 30.1 Å². The van der Waals surface area contributed by atoms with E-state index in [4.69, 9.17) is 0 Å². The fraction of sp³-hybridized carbons (Fsp3) is 0.179. The molecule has 188 valence electrons. The van der Waals surface area contributed by atoms with E-state index < -0.39 is 0 Å². The second kappa shape index (κ2) is 9.14. The van der Waals surface area contributed by atoms with E-state index >= 15 is 0 Å². The standard InChI is InChI=1S/C28H22FN7OS/c29-25-6-5-24(38-25)21-13-31-14-23-19(21)9-22(34-23)26-20-8-17(11-32-27(20)36-35-26)16-7-18(12-30-10-16)33-28(37)15-3-1-2-4-15/h5-15,34H,1-4H2,(H,33,37)(H,32,35,36). The smallest absolute Gasteiger partial charge is 0.227 e. The average molecular weight is 524 g/mol. The SMILES string of the molecule is O=C(Nc1cncc(-c2cnc3[nH]nc(-c4cc5c(-c6ccc(F)s6)cncc5[nH]4)c3c2)c1)C1CCCC1. The number of anilines is 1. The van der Waals surface area contributed by atoms with Crippen molar-refractivity contribution in [3.8, 4) is 33.0 Å². The number of halogens is 1. The van der Waals surface area contributed by atoms with Crippen molar-refractivity contribution in [1.29, 1.82) is 0 Å². The van der Waals surface area contributed by atoms with E-state index in [1.54, 1.807) is 37.1 Å². The van der Waals surface area contributed by atoms with Crippen molar-refractivity contribution in [3.63, 3.8) is 0 Å². The Morgan fingerprint density at radius 1 is 0.974 bits per heavy atom. The number of nitrogens with zero attached hydrogens (tertiary/aromatic N) is 4. The molecule has 0 aromatic carbocycles. The number of rotatable bonds is 5. The Labute approximate surface area is 220 Å². The molecule has 0 spiro atoms. The molecule has 10 heteroatoms. The summed E-state index contributed by atoms with van der Waals surface area (Å²) in [5, 5.41) is 12.1. The van der Waals surface area contributed by atoms with Crippen LogP contribution in [0.4, 0.5) is 10.1 Å². The maximum Gasteiger partial charge on any atom is 0.227 e. The van der Waals surface area contributed by atoms with Crippen LogP contribution in [0.1, 0.15) is 25.7 Å². The van der Waals surface area contributed by atoms with Gasteiger partial charge in [-0.3, -0.25) is 19.9 Å². The van der Waals surface area contributed by atoms with Gasteiger partial charge in [0.25, 0.3) is 0 Å². The number of H-pyrrole nitrogens is 2. The van der Waals surface area contributed by atoms with Gasteiger partial charge in [-0.2, -0.15) is 9.49 Å².